The van der Waals surface area contributed by atoms with Gasteiger partial charge in [-0.25, -0.2) is 4.79 Å². The Morgan fingerprint density at radius 1 is 1.29 bits per heavy atom. The summed E-state index contributed by atoms with van der Waals surface area (Å²) in [6.07, 6.45) is 2.75. The number of hydrogen-bond donors (Lipinski definition) is 0. The first kappa shape index (κ1) is 11.5. The summed E-state index contributed by atoms with van der Waals surface area (Å²) in [6.45, 7) is 7.85. The van der Waals surface area contributed by atoms with Crippen LogP contribution in [0.1, 0.15) is 11.6 Å². The summed E-state index contributed by atoms with van der Waals surface area (Å²) in [7, 11) is 0. The number of ether oxygens (including phenoxy) is 1. The van der Waals surface area contributed by atoms with E-state index in [1.807, 2.05) is 30.3 Å². The van der Waals surface area contributed by atoms with Crippen molar-refractivity contribution in [3.63, 3.8) is 0 Å². The van der Waals surface area contributed by atoms with Crippen LogP contribution in [0, 0.1) is 0 Å². The molecule has 0 bridgehead atoms. The molecule has 1 aromatic carbocycles. The van der Waals surface area contributed by atoms with Gasteiger partial charge in [-0.2, -0.15) is 0 Å². The highest BCUT2D eigenvalue weighted by Gasteiger charge is 2.40. The zero-order valence-corrected chi connectivity index (χ0v) is 9.58. The lowest BCUT2D eigenvalue weighted by molar-refractivity contribution is 0.146. The topological polar surface area (TPSA) is 29.5 Å². The van der Waals surface area contributed by atoms with Crippen molar-refractivity contribution in [3.8, 4) is 0 Å². The number of benzene rings is 1. The van der Waals surface area contributed by atoms with Crippen LogP contribution in [0.25, 0.3) is 0 Å². The zero-order chi connectivity index (χ0) is 12.3. The molecule has 2 rings (SSSR count). The Hall–Kier alpha value is -2.03. The van der Waals surface area contributed by atoms with E-state index in [1.165, 1.54) is 0 Å². The maximum absolute atomic E-state index is 11.7. The first-order valence-electron chi connectivity index (χ1n) is 5.53. The summed E-state index contributed by atoms with van der Waals surface area (Å²) < 4.78 is 5.26. The molecule has 0 spiro atoms. The van der Waals surface area contributed by atoms with Gasteiger partial charge in [0.2, 0.25) is 0 Å². The highest BCUT2D eigenvalue weighted by Crippen LogP contribution is 2.33. The molecular weight excluding hydrogens is 214 g/mol. The van der Waals surface area contributed by atoms with E-state index in [0.29, 0.717) is 6.54 Å². The molecule has 2 atom stereocenters. The predicted molar refractivity (Wildman–Crippen MR) is 66.6 cm³/mol. The summed E-state index contributed by atoms with van der Waals surface area (Å²) >= 11 is 0. The van der Waals surface area contributed by atoms with Crippen LogP contribution in [-0.4, -0.2) is 23.6 Å². The van der Waals surface area contributed by atoms with Gasteiger partial charge in [0.05, 0.1) is 0 Å². The molecule has 1 saturated heterocycles. The van der Waals surface area contributed by atoms with E-state index in [9.17, 15) is 4.79 Å². The summed E-state index contributed by atoms with van der Waals surface area (Å²) in [4.78, 5) is 13.4. The van der Waals surface area contributed by atoms with Crippen molar-refractivity contribution in [2.45, 2.75) is 12.1 Å². The lowest BCUT2D eigenvalue weighted by Crippen LogP contribution is -2.29. The van der Waals surface area contributed by atoms with Gasteiger partial charge in [-0.05, 0) is 11.6 Å². The molecule has 0 unspecified atom stereocenters. The number of nitrogens with zero attached hydrogens (tertiary/aromatic N) is 1. The number of hydrogen-bond acceptors (Lipinski definition) is 2. The lowest BCUT2D eigenvalue weighted by Gasteiger charge is -2.22. The van der Waals surface area contributed by atoms with Crippen molar-refractivity contribution in [1.82, 2.24) is 4.90 Å². The van der Waals surface area contributed by atoms with Crippen molar-refractivity contribution in [1.29, 1.82) is 0 Å². The minimum atomic E-state index is -0.316. The van der Waals surface area contributed by atoms with Gasteiger partial charge in [0, 0.05) is 6.54 Å². The molecule has 88 valence electrons. The Balaban J connectivity index is 2.35. The average molecular weight is 229 g/mol. The molecule has 17 heavy (non-hydrogen) atoms. The van der Waals surface area contributed by atoms with Crippen molar-refractivity contribution in [2.75, 3.05) is 6.54 Å². The fourth-order valence-electron chi connectivity index (χ4n) is 2.06. The third kappa shape index (κ3) is 2.09. The Bertz CT molecular complexity index is 427. The van der Waals surface area contributed by atoms with Gasteiger partial charge in [-0.15, -0.1) is 6.58 Å². The second-order valence-corrected chi connectivity index (χ2v) is 3.88. The molecule has 0 radical (unpaired) electrons. The molecule has 1 aromatic rings. The highest BCUT2D eigenvalue weighted by molar-refractivity contribution is 5.71. The molecule has 1 heterocycles. The van der Waals surface area contributed by atoms with Gasteiger partial charge in [-0.1, -0.05) is 43.0 Å². The van der Waals surface area contributed by atoms with Crippen molar-refractivity contribution in [3.05, 3.63) is 61.2 Å². The second-order valence-electron chi connectivity index (χ2n) is 3.88. The number of carbonyl (C=O) groups excluding carboxylic acids is 1. The maximum atomic E-state index is 11.7. The molecular formula is C14H15NO2. The third-order valence-electron chi connectivity index (χ3n) is 2.82. The van der Waals surface area contributed by atoms with Crippen LogP contribution in [0.5, 0.6) is 0 Å². The largest absolute Gasteiger partial charge is 0.439 e. The molecule has 0 aliphatic carbocycles. The molecule has 3 nitrogen and oxygen atoms in total. The van der Waals surface area contributed by atoms with Crippen LogP contribution >= 0.6 is 0 Å². The van der Waals surface area contributed by atoms with E-state index in [4.69, 9.17) is 4.74 Å². The van der Waals surface area contributed by atoms with Crippen molar-refractivity contribution < 1.29 is 9.53 Å². The Morgan fingerprint density at radius 3 is 2.59 bits per heavy atom. The number of amides is 1. The number of cyclic esters (lactones) is 1. The van der Waals surface area contributed by atoms with Gasteiger partial charge in [0.25, 0.3) is 0 Å². The van der Waals surface area contributed by atoms with Crippen LogP contribution in [0.3, 0.4) is 0 Å². The fraction of sp³-hybridized carbons (Fsp3) is 0.214. The van der Waals surface area contributed by atoms with Crippen LogP contribution in [0.15, 0.2) is 55.6 Å². The van der Waals surface area contributed by atoms with E-state index in [1.54, 1.807) is 17.1 Å². The van der Waals surface area contributed by atoms with E-state index >= 15 is 0 Å². The summed E-state index contributed by atoms with van der Waals surface area (Å²) in [5.41, 5.74) is 1.05. The lowest BCUT2D eigenvalue weighted by atomic mass is 10.0. The Morgan fingerprint density at radius 2 is 2.00 bits per heavy atom. The number of rotatable bonds is 4. The van der Waals surface area contributed by atoms with E-state index < -0.39 is 0 Å². The summed E-state index contributed by atoms with van der Waals surface area (Å²) in [6, 6.07) is 9.70. The fourth-order valence-corrected chi connectivity index (χ4v) is 2.06. The first-order chi connectivity index (χ1) is 8.27. The van der Waals surface area contributed by atoms with Gasteiger partial charge >= 0.3 is 6.09 Å². The zero-order valence-electron chi connectivity index (χ0n) is 9.58. The van der Waals surface area contributed by atoms with E-state index in [0.717, 1.165) is 5.56 Å². The Labute approximate surface area is 101 Å². The minimum Gasteiger partial charge on any atom is -0.439 e. The van der Waals surface area contributed by atoms with Crippen LogP contribution < -0.4 is 0 Å². The molecule has 1 aliphatic rings. The monoisotopic (exact) mass is 229 g/mol. The summed E-state index contributed by atoms with van der Waals surface area (Å²) in [5, 5.41) is 0. The predicted octanol–water partition coefficient (Wildman–Crippen LogP) is 2.92. The Kier molecular flexibility index (Phi) is 3.28. The van der Waals surface area contributed by atoms with E-state index in [2.05, 4.69) is 13.2 Å². The first-order valence-corrected chi connectivity index (χ1v) is 5.53. The summed E-state index contributed by atoms with van der Waals surface area (Å²) in [5.74, 6) is 0. The van der Waals surface area contributed by atoms with Gasteiger partial charge in [-0.3, -0.25) is 4.90 Å². The SMILES string of the molecule is C=CCN1C(=O)O[C@@H](C=C)[C@@H]1c1ccccc1. The molecule has 3 heteroatoms. The molecule has 0 saturated carbocycles. The third-order valence-corrected chi connectivity index (χ3v) is 2.82. The van der Waals surface area contributed by atoms with Crippen LogP contribution in [0.4, 0.5) is 4.79 Å². The van der Waals surface area contributed by atoms with Crippen molar-refractivity contribution >= 4 is 6.09 Å². The molecule has 1 amide bonds. The smallest absolute Gasteiger partial charge is 0.411 e. The second kappa shape index (κ2) is 4.87. The quantitative estimate of drug-likeness (QED) is 0.743. The van der Waals surface area contributed by atoms with E-state index in [-0.39, 0.29) is 18.2 Å². The molecule has 0 N–H and O–H groups in total. The van der Waals surface area contributed by atoms with Gasteiger partial charge < -0.3 is 4.74 Å². The number of carbonyl (C=O) groups is 1. The van der Waals surface area contributed by atoms with Crippen molar-refractivity contribution in [2.24, 2.45) is 0 Å². The molecule has 1 aliphatic heterocycles. The molecule has 1 fully saturated rings. The highest BCUT2D eigenvalue weighted by atomic mass is 16.6. The maximum Gasteiger partial charge on any atom is 0.411 e. The van der Waals surface area contributed by atoms with Gasteiger partial charge in [0.15, 0.2) is 0 Å². The van der Waals surface area contributed by atoms with Crippen LogP contribution in [-0.2, 0) is 4.74 Å². The van der Waals surface area contributed by atoms with Gasteiger partial charge in [0.1, 0.15) is 12.1 Å². The molecule has 0 aromatic heterocycles. The van der Waals surface area contributed by atoms with Crippen LogP contribution in [0.2, 0.25) is 0 Å². The standard InChI is InChI=1S/C14H15NO2/c1-3-10-15-13(11-8-6-5-7-9-11)12(4-2)17-14(15)16/h3-9,12-13H,1-2,10H2/t12-,13-/m0/s1. The normalized spacial score (nSPS) is 23.3. The minimum absolute atomic E-state index is 0.112. The average Bonchev–Trinajstić information content (AvgIpc) is 2.68.